The second-order valence-electron chi connectivity index (χ2n) is 4.63. The molecule has 1 aliphatic rings. The molecule has 0 radical (unpaired) electrons. The molecule has 0 aliphatic carbocycles. The van der Waals surface area contributed by atoms with E-state index in [4.69, 9.17) is 14.6 Å². The SMILES string of the molecule is CCO[C@@H]1O[C@H](CO)[C@@H](O)[C@H](O)[C@@]1(O)NC(=O)N(CC)N=O. The molecule has 0 bridgehead atoms. The highest BCUT2D eigenvalue weighted by Crippen LogP contribution is 2.29. The van der Waals surface area contributed by atoms with E-state index in [1.807, 2.05) is 5.32 Å². The number of rotatable bonds is 6. The average molecular weight is 323 g/mol. The van der Waals surface area contributed by atoms with Crippen molar-refractivity contribution in [2.45, 2.75) is 44.2 Å². The van der Waals surface area contributed by atoms with Gasteiger partial charge in [0.05, 0.1) is 11.9 Å². The maximum absolute atomic E-state index is 11.8. The number of aliphatic hydroxyl groups excluding tert-OH is 3. The summed E-state index contributed by atoms with van der Waals surface area (Å²) in [6.07, 6.45) is -6.40. The largest absolute Gasteiger partial charge is 0.394 e. The molecule has 5 N–H and O–H groups in total. The molecule has 1 saturated heterocycles. The van der Waals surface area contributed by atoms with Crippen LogP contribution in [0, 0.1) is 4.91 Å². The monoisotopic (exact) mass is 323 g/mol. The van der Waals surface area contributed by atoms with Gasteiger partial charge in [-0.1, -0.05) is 0 Å². The van der Waals surface area contributed by atoms with Crippen LogP contribution in [0.1, 0.15) is 13.8 Å². The van der Waals surface area contributed by atoms with Gasteiger partial charge in [0.1, 0.15) is 18.3 Å². The van der Waals surface area contributed by atoms with E-state index in [1.165, 1.54) is 6.92 Å². The van der Waals surface area contributed by atoms with Gasteiger partial charge in [-0.05, 0) is 13.8 Å². The van der Waals surface area contributed by atoms with E-state index in [9.17, 15) is 25.0 Å². The molecule has 1 rings (SSSR count). The lowest BCUT2D eigenvalue weighted by atomic mass is 9.93. The van der Waals surface area contributed by atoms with Crippen molar-refractivity contribution >= 4 is 6.03 Å². The normalized spacial score (nSPS) is 35.0. The number of amides is 2. The summed E-state index contributed by atoms with van der Waals surface area (Å²) in [5.74, 6) is 0. The molecule has 5 atom stereocenters. The van der Waals surface area contributed by atoms with Crippen LogP contribution in [0.2, 0.25) is 0 Å². The summed E-state index contributed by atoms with van der Waals surface area (Å²) >= 11 is 0. The van der Waals surface area contributed by atoms with Gasteiger partial charge in [-0.15, -0.1) is 4.91 Å². The molecule has 0 aromatic carbocycles. The van der Waals surface area contributed by atoms with Crippen LogP contribution in [-0.4, -0.2) is 81.6 Å². The van der Waals surface area contributed by atoms with Gasteiger partial charge in [0, 0.05) is 13.2 Å². The zero-order chi connectivity index (χ0) is 16.9. The molecule has 11 nitrogen and oxygen atoms in total. The Morgan fingerprint density at radius 1 is 1.45 bits per heavy atom. The van der Waals surface area contributed by atoms with Crippen molar-refractivity contribution in [3.05, 3.63) is 4.91 Å². The van der Waals surface area contributed by atoms with Gasteiger partial charge in [-0.3, -0.25) is 0 Å². The summed E-state index contributed by atoms with van der Waals surface area (Å²) in [6, 6.07) is -1.11. The van der Waals surface area contributed by atoms with Crippen molar-refractivity contribution < 1.29 is 34.7 Å². The quantitative estimate of drug-likeness (QED) is 0.210. The standard InChI is InChI=1S/C11H21N3O8/c1-3-14(13-20)10(18)12-11(19)8(17)7(16)6(5-15)22-9(11)21-4-2/h6-9,15-17,19H,3-5H2,1-2H3,(H,12,18)/t6-,7-,8+,9-,11+/m1/s1. The summed E-state index contributed by atoms with van der Waals surface area (Å²) in [5.41, 5.74) is -2.53. The summed E-state index contributed by atoms with van der Waals surface area (Å²) in [6.45, 7) is 2.37. The smallest absolute Gasteiger partial charge is 0.342 e. The number of hydrogen-bond donors (Lipinski definition) is 5. The highest BCUT2D eigenvalue weighted by molar-refractivity contribution is 5.74. The Kier molecular flexibility index (Phi) is 6.59. The van der Waals surface area contributed by atoms with Crippen LogP contribution >= 0.6 is 0 Å². The van der Waals surface area contributed by atoms with Crippen LogP contribution in [0.25, 0.3) is 0 Å². The summed E-state index contributed by atoms with van der Waals surface area (Å²) in [5, 5.41) is 44.3. The fourth-order valence-corrected chi connectivity index (χ4v) is 2.02. The zero-order valence-electron chi connectivity index (χ0n) is 12.2. The highest BCUT2D eigenvalue weighted by Gasteiger charge is 2.56. The van der Waals surface area contributed by atoms with Gasteiger partial charge in [0.25, 0.3) is 0 Å². The lowest BCUT2D eigenvalue weighted by molar-refractivity contribution is -0.346. The van der Waals surface area contributed by atoms with E-state index in [1.54, 1.807) is 6.92 Å². The van der Waals surface area contributed by atoms with E-state index < -0.39 is 43.0 Å². The Labute approximate surface area is 126 Å². The molecule has 0 saturated carbocycles. The Morgan fingerprint density at radius 3 is 2.55 bits per heavy atom. The van der Waals surface area contributed by atoms with Gasteiger partial charge >= 0.3 is 6.03 Å². The lowest BCUT2D eigenvalue weighted by Crippen LogP contribution is -2.74. The molecule has 1 aliphatic heterocycles. The lowest BCUT2D eigenvalue weighted by Gasteiger charge is -2.47. The number of urea groups is 1. The molecular weight excluding hydrogens is 302 g/mol. The van der Waals surface area contributed by atoms with Crippen LogP contribution in [0.3, 0.4) is 0 Å². The number of hydrogen-bond acceptors (Lipinski definition) is 9. The predicted octanol–water partition coefficient (Wildman–Crippen LogP) is -2.14. The van der Waals surface area contributed by atoms with Gasteiger partial charge in [0.2, 0.25) is 12.0 Å². The van der Waals surface area contributed by atoms with Gasteiger partial charge in [0.15, 0.2) is 0 Å². The topological polar surface area (TPSA) is 161 Å². The molecule has 0 unspecified atom stereocenters. The third-order valence-electron chi connectivity index (χ3n) is 3.25. The van der Waals surface area contributed by atoms with Crippen LogP contribution in [0.4, 0.5) is 4.79 Å². The van der Waals surface area contributed by atoms with E-state index in [-0.39, 0.29) is 13.2 Å². The molecule has 1 fully saturated rings. The molecule has 1 heterocycles. The molecule has 0 spiro atoms. The number of carbonyl (C=O) groups excluding carboxylic acids is 1. The van der Waals surface area contributed by atoms with Crippen LogP contribution in [0.5, 0.6) is 0 Å². The minimum Gasteiger partial charge on any atom is -0.394 e. The Bertz CT molecular complexity index is 398. The fraction of sp³-hybridized carbons (Fsp3) is 0.909. The molecule has 22 heavy (non-hydrogen) atoms. The van der Waals surface area contributed by atoms with Gasteiger partial charge in [-0.25, -0.2) is 4.79 Å². The summed E-state index contributed by atoms with van der Waals surface area (Å²) < 4.78 is 10.2. The first-order valence-corrected chi connectivity index (χ1v) is 6.75. The molecule has 2 amide bonds. The van der Waals surface area contributed by atoms with E-state index in [2.05, 4.69) is 5.29 Å². The molecule has 128 valence electrons. The van der Waals surface area contributed by atoms with E-state index in [0.717, 1.165) is 0 Å². The first-order chi connectivity index (χ1) is 10.3. The Morgan fingerprint density at radius 2 is 2.09 bits per heavy atom. The first-order valence-electron chi connectivity index (χ1n) is 6.75. The Hall–Kier alpha value is -1.37. The molecular formula is C11H21N3O8. The van der Waals surface area contributed by atoms with E-state index in [0.29, 0.717) is 5.01 Å². The number of carbonyl (C=O) groups is 1. The third-order valence-corrected chi connectivity index (χ3v) is 3.25. The maximum Gasteiger partial charge on any atom is 0.342 e. The van der Waals surface area contributed by atoms with Crippen molar-refractivity contribution in [3.8, 4) is 0 Å². The maximum atomic E-state index is 11.8. The van der Waals surface area contributed by atoms with Crippen molar-refractivity contribution in [2.75, 3.05) is 19.8 Å². The van der Waals surface area contributed by atoms with Crippen molar-refractivity contribution in [1.29, 1.82) is 0 Å². The second kappa shape index (κ2) is 7.76. The van der Waals surface area contributed by atoms with Crippen LogP contribution in [-0.2, 0) is 9.47 Å². The summed E-state index contributed by atoms with van der Waals surface area (Å²) in [4.78, 5) is 22.3. The number of nitroso groups, excluding NO2 is 1. The predicted molar refractivity (Wildman–Crippen MR) is 71.0 cm³/mol. The van der Waals surface area contributed by atoms with Gasteiger partial charge in [-0.2, -0.15) is 5.01 Å². The number of nitrogens with one attached hydrogen (secondary N) is 1. The number of nitrogens with zero attached hydrogens (tertiary/aromatic N) is 2. The summed E-state index contributed by atoms with van der Waals surface area (Å²) in [7, 11) is 0. The third kappa shape index (κ3) is 3.51. The molecule has 0 aromatic heterocycles. The van der Waals surface area contributed by atoms with E-state index >= 15 is 0 Å². The second-order valence-corrected chi connectivity index (χ2v) is 4.63. The number of ether oxygens (including phenoxy) is 2. The molecule has 0 aromatic rings. The van der Waals surface area contributed by atoms with Crippen molar-refractivity contribution in [3.63, 3.8) is 0 Å². The van der Waals surface area contributed by atoms with Gasteiger partial charge < -0.3 is 35.2 Å². The highest BCUT2D eigenvalue weighted by atomic mass is 16.7. The fourth-order valence-electron chi connectivity index (χ4n) is 2.02. The van der Waals surface area contributed by atoms with Crippen LogP contribution in [0.15, 0.2) is 5.29 Å². The zero-order valence-corrected chi connectivity index (χ0v) is 12.2. The number of aliphatic hydroxyl groups is 4. The molecule has 11 heteroatoms. The minimum absolute atomic E-state index is 0.0488. The Balaban J connectivity index is 3.02. The average Bonchev–Trinajstić information content (AvgIpc) is 2.49. The minimum atomic E-state index is -2.53. The van der Waals surface area contributed by atoms with Crippen molar-refractivity contribution in [2.24, 2.45) is 5.29 Å². The first kappa shape index (κ1) is 18.7. The van der Waals surface area contributed by atoms with Crippen molar-refractivity contribution in [1.82, 2.24) is 10.3 Å². The van der Waals surface area contributed by atoms with Crippen LogP contribution < -0.4 is 5.32 Å².